The third-order valence-corrected chi connectivity index (χ3v) is 2.03. The Balaban J connectivity index is 2.75. The fourth-order valence-electron chi connectivity index (χ4n) is 0.799. The molecule has 0 radical (unpaired) electrons. The first-order chi connectivity index (χ1) is 6.93. The van der Waals surface area contributed by atoms with Gasteiger partial charge in [0.1, 0.15) is 11.9 Å². The number of alkyl halides is 1. The van der Waals surface area contributed by atoms with Crippen molar-refractivity contribution >= 4 is 27.7 Å². The van der Waals surface area contributed by atoms with Crippen molar-refractivity contribution in [3.8, 4) is 6.07 Å². The van der Waals surface area contributed by atoms with Gasteiger partial charge < -0.3 is 5.32 Å². The smallest absolute Gasteiger partial charge is 0.241 e. The molecule has 0 unspecified atom stereocenters. The number of carbonyl (C=O) groups is 1. The summed E-state index contributed by atoms with van der Waals surface area (Å²) >= 11 is 3.24. The van der Waals surface area contributed by atoms with Crippen LogP contribution >= 0.6 is 15.9 Å². The molecule has 1 rings (SSSR count). The Morgan fingerprint density at radius 2 is 2.27 bits per heavy atom. The summed E-state index contributed by atoms with van der Waals surface area (Å²) in [5, 5.41) is 11.2. The Hall–Kier alpha value is -1.41. The first kappa shape index (κ1) is 11.7. The van der Waals surface area contributed by atoms with Crippen molar-refractivity contribution in [1.29, 1.82) is 5.26 Å². The number of anilines is 1. The van der Waals surface area contributed by atoms with Crippen molar-refractivity contribution in [2.45, 2.75) is 18.2 Å². The Morgan fingerprint density at radius 1 is 1.60 bits per heavy atom. The number of nitrogens with one attached hydrogen (secondary N) is 1. The lowest BCUT2D eigenvalue weighted by Gasteiger charge is -2.14. The number of rotatable bonds is 2. The minimum absolute atomic E-state index is 0.181. The van der Waals surface area contributed by atoms with Crippen LogP contribution in [0.3, 0.4) is 0 Å². The largest absolute Gasteiger partial charge is 0.309 e. The average Bonchev–Trinajstić information content (AvgIpc) is 2.17. The maximum absolute atomic E-state index is 11.5. The highest BCUT2D eigenvalue weighted by molar-refractivity contribution is 9.10. The monoisotopic (exact) mass is 267 g/mol. The molecule has 5 heteroatoms. The van der Waals surface area contributed by atoms with Gasteiger partial charge in [0.05, 0.1) is 9.89 Å². The zero-order valence-corrected chi connectivity index (χ0v) is 10.00. The molecule has 1 amide bonds. The van der Waals surface area contributed by atoms with Crippen LogP contribution < -0.4 is 5.32 Å². The van der Waals surface area contributed by atoms with Gasteiger partial charge in [0, 0.05) is 6.20 Å². The van der Waals surface area contributed by atoms with Gasteiger partial charge in [-0.05, 0) is 26.0 Å². The molecule has 1 aromatic rings. The molecule has 0 aromatic carbocycles. The van der Waals surface area contributed by atoms with E-state index in [-0.39, 0.29) is 5.91 Å². The number of hydrogen-bond donors (Lipinski definition) is 1. The van der Waals surface area contributed by atoms with Gasteiger partial charge in [-0.2, -0.15) is 5.26 Å². The molecular weight excluding hydrogens is 258 g/mol. The average molecular weight is 268 g/mol. The summed E-state index contributed by atoms with van der Waals surface area (Å²) in [6.45, 7) is 3.48. The van der Waals surface area contributed by atoms with Crippen molar-refractivity contribution < 1.29 is 4.79 Å². The number of aromatic nitrogens is 1. The summed E-state index contributed by atoms with van der Waals surface area (Å²) < 4.78 is -0.636. The van der Waals surface area contributed by atoms with Crippen LogP contribution in [0.15, 0.2) is 18.3 Å². The molecule has 0 atom stereocenters. The van der Waals surface area contributed by atoms with Gasteiger partial charge in [-0.25, -0.2) is 4.98 Å². The zero-order valence-electron chi connectivity index (χ0n) is 8.41. The first-order valence-corrected chi connectivity index (χ1v) is 5.09. The number of pyridine rings is 1. The summed E-state index contributed by atoms with van der Waals surface area (Å²) in [5.74, 6) is 0.256. The van der Waals surface area contributed by atoms with Crippen LogP contribution in [0.1, 0.15) is 19.4 Å². The van der Waals surface area contributed by atoms with Gasteiger partial charge in [-0.3, -0.25) is 4.79 Å². The molecule has 78 valence electrons. The predicted molar refractivity (Wildman–Crippen MR) is 60.6 cm³/mol. The van der Waals surface area contributed by atoms with Crippen molar-refractivity contribution in [3.63, 3.8) is 0 Å². The lowest BCUT2D eigenvalue weighted by Crippen LogP contribution is -2.31. The standard InChI is InChI=1S/C10H10BrN3O/c1-10(2,11)9(15)14-8-4-3-7(5-12)6-13-8/h3-4,6H,1-2H3,(H,13,14,15). The molecule has 0 spiro atoms. The molecule has 1 aromatic heterocycles. The Labute approximate surface area is 96.4 Å². The summed E-state index contributed by atoms with van der Waals surface area (Å²) in [7, 11) is 0. The highest BCUT2D eigenvalue weighted by Gasteiger charge is 2.23. The molecule has 4 nitrogen and oxygen atoms in total. The van der Waals surface area contributed by atoms with Gasteiger partial charge in [0.25, 0.3) is 0 Å². The van der Waals surface area contributed by atoms with Gasteiger partial charge >= 0.3 is 0 Å². The molecule has 0 aliphatic rings. The predicted octanol–water partition coefficient (Wildman–Crippen LogP) is 2.07. The van der Waals surface area contributed by atoms with Crippen LogP contribution in [0, 0.1) is 11.3 Å². The highest BCUT2D eigenvalue weighted by Crippen LogP contribution is 2.17. The molecule has 1 heterocycles. The second-order valence-corrected chi connectivity index (χ2v) is 5.45. The van der Waals surface area contributed by atoms with Crippen molar-refractivity contribution in [2.75, 3.05) is 5.32 Å². The van der Waals surface area contributed by atoms with Crippen LogP contribution in [0.5, 0.6) is 0 Å². The van der Waals surface area contributed by atoms with E-state index in [0.717, 1.165) is 0 Å². The Morgan fingerprint density at radius 3 is 2.67 bits per heavy atom. The Kier molecular flexibility index (Phi) is 3.43. The molecule has 0 aliphatic carbocycles. The molecule has 0 bridgehead atoms. The van der Waals surface area contributed by atoms with Crippen molar-refractivity contribution in [3.05, 3.63) is 23.9 Å². The number of hydrogen-bond acceptors (Lipinski definition) is 3. The van der Waals surface area contributed by atoms with Gasteiger partial charge in [0.15, 0.2) is 0 Å². The summed E-state index contributed by atoms with van der Waals surface area (Å²) in [5.41, 5.74) is 0.464. The molecule has 0 saturated heterocycles. The van der Waals surface area contributed by atoms with E-state index >= 15 is 0 Å². The second kappa shape index (κ2) is 4.41. The van der Waals surface area contributed by atoms with Gasteiger partial charge in [0.2, 0.25) is 5.91 Å². The third kappa shape index (κ3) is 3.33. The quantitative estimate of drug-likeness (QED) is 0.835. The first-order valence-electron chi connectivity index (χ1n) is 4.30. The lowest BCUT2D eigenvalue weighted by atomic mass is 10.2. The molecule has 0 aliphatic heterocycles. The molecule has 0 fully saturated rings. The minimum Gasteiger partial charge on any atom is -0.309 e. The maximum atomic E-state index is 11.5. The molecule has 15 heavy (non-hydrogen) atoms. The van der Waals surface area contributed by atoms with E-state index in [1.807, 2.05) is 6.07 Å². The molecule has 0 saturated carbocycles. The van der Waals surface area contributed by atoms with E-state index < -0.39 is 4.32 Å². The fraction of sp³-hybridized carbons (Fsp3) is 0.300. The minimum atomic E-state index is -0.636. The fourth-order valence-corrected chi connectivity index (χ4v) is 0.898. The normalized spacial score (nSPS) is 10.5. The van der Waals surface area contributed by atoms with E-state index in [1.54, 1.807) is 26.0 Å². The van der Waals surface area contributed by atoms with E-state index in [2.05, 4.69) is 26.2 Å². The summed E-state index contributed by atoms with van der Waals surface area (Å²) in [6, 6.07) is 5.15. The Bertz CT molecular complexity index is 400. The van der Waals surface area contributed by atoms with Crippen molar-refractivity contribution in [1.82, 2.24) is 4.98 Å². The van der Waals surface area contributed by atoms with E-state index in [1.165, 1.54) is 6.20 Å². The number of nitrogens with zero attached hydrogens (tertiary/aromatic N) is 2. The zero-order chi connectivity index (χ0) is 11.5. The van der Waals surface area contributed by atoms with Crippen LogP contribution in [0.4, 0.5) is 5.82 Å². The molecule has 1 N–H and O–H groups in total. The van der Waals surface area contributed by atoms with E-state index in [4.69, 9.17) is 5.26 Å². The number of nitriles is 1. The van der Waals surface area contributed by atoms with Gasteiger partial charge in [-0.15, -0.1) is 0 Å². The van der Waals surface area contributed by atoms with E-state index in [0.29, 0.717) is 11.4 Å². The third-order valence-electron chi connectivity index (χ3n) is 1.67. The van der Waals surface area contributed by atoms with Crippen LogP contribution in [0.25, 0.3) is 0 Å². The van der Waals surface area contributed by atoms with Crippen LogP contribution in [-0.2, 0) is 4.79 Å². The number of amides is 1. The van der Waals surface area contributed by atoms with E-state index in [9.17, 15) is 4.79 Å². The number of carbonyl (C=O) groups excluding carboxylic acids is 1. The maximum Gasteiger partial charge on any atom is 0.241 e. The SMILES string of the molecule is CC(C)(Br)C(=O)Nc1ccc(C#N)cn1. The highest BCUT2D eigenvalue weighted by atomic mass is 79.9. The van der Waals surface area contributed by atoms with Crippen molar-refractivity contribution in [2.24, 2.45) is 0 Å². The topological polar surface area (TPSA) is 65.8 Å². The summed E-state index contributed by atoms with van der Waals surface area (Å²) in [4.78, 5) is 15.5. The van der Waals surface area contributed by atoms with Gasteiger partial charge in [-0.1, -0.05) is 15.9 Å². The molecular formula is C10H10BrN3O. The van der Waals surface area contributed by atoms with Crippen LogP contribution in [0.2, 0.25) is 0 Å². The number of halogens is 1. The second-order valence-electron chi connectivity index (χ2n) is 3.47. The summed E-state index contributed by atoms with van der Waals surface area (Å²) in [6.07, 6.45) is 1.41. The lowest BCUT2D eigenvalue weighted by molar-refractivity contribution is -0.117. The van der Waals surface area contributed by atoms with Crippen LogP contribution in [-0.4, -0.2) is 15.2 Å².